The van der Waals surface area contributed by atoms with Crippen molar-refractivity contribution in [3.63, 3.8) is 0 Å². The average Bonchev–Trinajstić information content (AvgIpc) is 3.37. The standard InChI is InChI=1S/C30H42N2O4/c1-5-26(30(34)31-25-13-8-9-14-25)32(21-24-12-10-11-22(4)19-24)29(33)18-16-23-15-17-27(35-6-2)28(20-23)36-7-3/h10-12,15,17,19-20,25-26H,5-9,13-14,16,18,21H2,1-4H3,(H,31,34)/t26-/m0/s1. The SMILES string of the molecule is CCOc1ccc(CCC(=O)N(Cc2cccc(C)c2)[C@@H](CC)C(=O)NC2CCCC2)cc1OCC. The monoisotopic (exact) mass is 494 g/mol. The van der Waals surface area contributed by atoms with Crippen molar-refractivity contribution in [2.75, 3.05) is 13.2 Å². The molecule has 2 aromatic rings. The van der Waals surface area contributed by atoms with Crippen molar-refractivity contribution < 1.29 is 19.1 Å². The molecule has 0 saturated heterocycles. The zero-order valence-electron chi connectivity index (χ0n) is 22.3. The van der Waals surface area contributed by atoms with E-state index in [2.05, 4.69) is 11.4 Å². The molecular formula is C30H42N2O4. The number of ether oxygens (including phenoxy) is 2. The highest BCUT2D eigenvalue weighted by atomic mass is 16.5. The largest absolute Gasteiger partial charge is 0.490 e. The fraction of sp³-hybridized carbons (Fsp3) is 0.533. The number of benzene rings is 2. The first-order chi connectivity index (χ1) is 17.4. The number of rotatable bonds is 13. The highest BCUT2D eigenvalue weighted by molar-refractivity contribution is 5.88. The molecule has 0 bridgehead atoms. The van der Waals surface area contributed by atoms with Crippen molar-refractivity contribution in [3.8, 4) is 11.5 Å². The second-order valence-corrected chi connectivity index (χ2v) is 9.57. The van der Waals surface area contributed by atoms with E-state index in [0.29, 0.717) is 50.5 Å². The molecule has 1 fully saturated rings. The Morgan fingerprint density at radius 3 is 2.36 bits per heavy atom. The van der Waals surface area contributed by atoms with Crippen LogP contribution in [0.5, 0.6) is 11.5 Å². The molecule has 1 aliphatic carbocycles. The summed E-state index contributed by atoms with van der Waals surface area (Å²) in [5.41, 5.74) is 3.19. The van der Waals surface area contributed by atoms with Crippen LogP contribution in [0.15, 0.2) is 42.5 Å². The van der Waals surface area contributed by atoms with Gasteiger partial charge in [-0.3, -0.25) is 9.59 Å². The molecule has 196 valence electrons. The summed E-state index contributed by atoms with van der Waals surface area (Å²) in [4.78, 5) is 28.7. The molecule has 0 spiro atoms. The van der Waals surface area contributed by atoms with Crippen LogP contribution < -0.4 is 14.8 Å². The van der Waals surface area contributed by atoms with Crippen LogP contribution in [-0.2, 0) is 22.6 Å². The van der Waals surface area contributed by atoms with Gasteiger partial charge in [0, 0.05) is 19.0 Å². The zero-order chi connectivity index (χ0) is 25.9. The Balaban J connectivity index is 1.76. The minimum atomic E-state index is -0.488. The maximum atomic E-state index is 13.6. The quantitative estimate of drug-likeness (QED) is 0.394. The highest BCUT2D eigenvalue weighted by Crippen LogP contribution is 2.29. The number of carbonyl (C=O) groups is 2. The van der Waals surface area contributed by atoms with Gasteiger partial charge >= 0.3 is 0 Å². The minimum absolute atomic E-state index is 0.0169. The molecule has 0 aliphatic heterocycles. The van der Waals surface area contributed by atoms with Crippen LogP contribution >= 0.6 is 0 Å². The van der Waals surface area contributed by atoms with E-state index >= 15 is 0 Å². The first-order valence-corrected chi connectivity index (χ1v) is 13.5. The van der Waals surface area contributed by atoms with Crippen LogP contribution in [0.4, 0.5) is 0 Å². The van der Waals surface area contributed by atoms with Gasteiger partial charge in [0.25, 0.3) is 0 Å². The summed E-state index contributed by atoms with van der Waals surface area (Å²) in [5, 5.41) is 3.21. The molecule has 36 heavy (non-hydrogen) atoms. The molecule has 6 nitrogen and oxygen atoms in total. The van der Waals surface area contributed by atoms with Crippen molar-refractivity contribution in [2.24, 2.45) is 0 Å². The molecule has 0 radical (unpaired) electrons. The van der Waals surface area contributed by atoms with Gasteiger partial charge in [-0.15, -0.1) is 0 Å². The molecule has 0 unspecified atom stereocenters. The fourth-order valence-electron chi connectivity index (χ4n) is 4.94. The summed E-state index contributed by atoms with van der Waals surface area (Å²) in [7, 11) is 0. The summed E-state index contributed by atoms with van der Waals surface area (Å²) in [6, 6.07) is 13.7. The molecular weight excluding hydrogens is 452 g/mol. The van der Waals surface area contributed by atoms with E-state index in [1.54, 1.807) is 4.90 Å². The first-order valence-electron chi connectivity index (χ1n) is 13.5. The first kappa shape index (κ1) is 27.6. The van der Waals surface area contributed by atoms with E-state index in [0.717, 1.165) is 42.4 Å². The van der Waals surface area contributed by atoms with Crippen molar-refractivity contribution in [3.05, 3.63) is 59.2 Å². The van der Waals surface area contributed by atoms with E-state index < -0.39 is 6.04 Å². The summed E-state index contributed by atoms with van der Waals surface area (Å²) in [5.74, 6) is 1.36. The second-order valence-electron chi connectivity index (χ2n) is 9.57. The smallest absolute Gasteiger partial charge is 0.243 e. The van der Waals surface area contributed by atoms with Gasteiger partial charge in [-0.1, -0.05) is 55.7 Å². The Kier molecular flexibility index (Phi) is 10.6. The predicted molar refractivity (Wildman–Crippen MR) is 143 cm³/mol. The zero-order valence-corrected chi connectivity index (χ0v) is 22.3. The third-order valence-electron chi connectivity index (χ3n) is 6.76. The molecule has 2 amide bonds. The predicted octanol–water partition coefficient (Wildman–Crippen LogP) is 5.59. The van der Waals surface area contributed by atoms with Crippen LogP contribution in [0.1, 0.15) is 76.0 Å². The molecule has 1 N–H and O–H groups in total. The molecule has 6 heteroatoms. The molecule has 1 aliphatic rings. The lowest BCUT2D eigenvalue weighted by atomic mass is 10.0. The Hall–Kier alpha value is -3.02. The van der Waals surface area contributed by atoms with Crippen LogP contribution in [0.25, 0.3) is 0 Å². The van der Waals surface area contributed by atoms with Gasteiger partial charge in [-0.05, 0) is 69.7 Å². The number of nitrogens with one attached hydrogen (secondary N) is 1. The van der Waals surface area contributed by atoms with E-state index in [1.807, 2.05) is 64.1 Å². The number of hydrogen-bond donors (Lipinski definition) is 1. The van der Waals surface area contributed by atoms with Crippen LogP contribution in [0.2, 0.25) is 0 Å². The van der Waals surface area contributed by atoms with Gasteiger partial charge in [0.1, 0.15) is 6.04 Å². The number of amides is 2. The lowest BCUT2D eigenvalue weighted by Gasteiger charge is -2.31. The van der Waals surface area contributed by atoms with Gasteiger partial charge in [-0.25, -0.2) is 0 Å². The Labute approximate surface area is 216 Å². The molecule has 3 rings (SSSR count). The van der Waals surface area contributed by atoms with Crippen LogP contribution in [-0.4, -0.2) is 42.0 Å². The third-order valence-corrected chi connectivity index (χ3v) is 6.76. The number of carbonyl (C=O) groups excluding carboxylic acids is 2. The maximum Gasteiger partial charge on any atom is 0.243 e. The number of nitrogens with zero attached hydrogens (tertiary/aromatic N) is 1. The molecule has 0 aromatic heterocycles. The van der Waals surface area contributed by atoms with Crippen LogP contribution in [0.3, 0.4) is 0 Å². The Morgan fingerprint density at radius 1 is 0.972 bits per heavy atom. The van der Waals surface area contributed by atoms with Crippen LogP contribution in [0, 0.1) is 6.92 Å². The lowest BCUT2D eigenvalue weighted by Crippen LogP contribution is -2.51. The van der Waals surface area contributed by atoms with Gasteiger partial charge in [0.05, 0.1) is 13.2 Å². The average molecular weight is 495 g/mol. The van der Waals surface area contributed by atoms with Crippen molar-refractivity contribution in [1.82, 2.24) is 10.2 Å². The van der Waals surface area contributed by atoms with E-state index in [1.165, 1.54) is 0 Å². The highest BCUT2D eigenvalue weighted by Gasteiger charge is 2.30. The van der Waals surface area contributed by atoms with E-state index in [9.17, 15) is 9.59 Å². The topological polar surface area (TPSA) is 67.9 Å². The summed E-state index contributed by atoms with van der Waals surface area (Å²) < 4.78 is 11.4. The third kappa shape index (κ3) is 7.74. The molecule has 1 saturated carbocycles. The number of aryl methyl sites for hydroxylation is 2. The summed E-state index contributed by atoms with van der Waals surface area (Å²) >= 11 is 0. The lowest BCUT2D eigenvalue weighted by molar-refractivity contribution is -0.141. The summed E-state index contributed by atoms with van der Waals surface area (Å²) in [6.07, 6.45) is 5.81. The Bertz CT molecular complexity index is 1000. The molecule has 1 atom stereocenters. The molecule has 0 heterocycles. The minimum Gasteiger partial charge on any atom is -0.490 e. The van der Waals surface area contributed by atoms with Crippen molar-refractivity contribution in [1.29, 1.82) is 0 Å². The van der Waals surface area contributed by atoms with E-state index in [4.69, 9.17) is 9.47 Å². The normalized spacial score (nSPS) is 14.3. The van der Waals surface area contributed by atoms with E-state index in [-0.39, 0.29) is 17.9 Å². The second kappa shape index (κ2) is 13.9. The fourth-order valence-corrected chi connectivity index (χ4v) is 4.94. The van der Waals surface area contributed by atoms with Crippen molar-refractivity contribution >= 4 is 11.8 Å². The summed E-state index contributed by atoms with van der Waals surface area (Å²) in [6.45, 7) is 9.44. The van der Waals surface area contributed by atoms with Gasteiger partial charge in [0.2, 0.25) is 11.8 Å². The van der Waals surface area contributed by atoms with Gasteiger partial charge < -0.3 is 19.7 Å². The molecule has 2 aromatic carbocycles. The van der Waals surface area contributed by atoms with Gasteiger partial charge in [-0.2, -0.15) is 0 Å². The maximum absolute atomic E-state index is 13.6. The Morgan fingerprint density at radius 2 is 1.69 bits per heavy atom. The van der Waals surface area contributed by atoms with Crippen molar-refractivity contribution in [2.45, 2.75) is 91.3 Å². The van der Waals surface area contributed by atoms with Gasteiger partial charge in [0.15, 0.2) is 11.5 Å². The number of hydrogen-bond acceptors (Lipinski definition) is 4.